The number of aryl methyl sites for hydroxylation is 2. The van der Waals surface area contributed by atoms with Gasteiger partial charge in [0.05, 0.1) is 23.1 Å². The number of carbonyl (C=O) groups is 1. The standard InChI is InChI=1S/C28H34N6O2/c1-5-32(6-2)17-24(35)34-27(29)25(26(30-34)20-10-7-9-18(3)15-20)19-13-14-22-23(16-19)31(4)28(36)33(22)21-11-8-12-21/h7,9-10,13-16,21H,5-6,8,11-12,17,29H2,1-4H3. The van der Waals surface area contributed by atoms with Gasteiger partial charge in [0.25, 0.3) is 5.91 Å². The highest BCUT2D eigenvalue weighted by molar-refractivity contribution is 5.96. The van der Waals surface area contributed by atoms with Crippen LogP contribution in [0.5, 0.6) is 0 Å². The van der Waals surface area contributed by atoms with E-state index in [0.717, 1.165) is 60.1 Å². The third-order valence-corrected chi connectivity index (χ3v) is 7.52. The smallest absolute Gasteiger partial charge is 0.329 e. The van der Waals surface area contributed by atoms with E-state index in [1.807, 2.05) is 79.8 Å². The first-order valence-corrected chi connectivity index (χ1v) is 12.8. The lowest BCUT2D eigenvalue weighted by atomic mass is 9.92. The van der Waals surface area contributed by atoms with Crippen molar-refractivity contribution in [3.63, 3.8) is 0 Å². The second kappa shape index (κ2) is 9.43. The van der Waals surface area contributed by atoms with Crippen molar-refractivity contribution in [3.8, 4) is 22.4 Å². The molecule has 0 saturated heterocycles. The number of hydrogen-bond donors (Lipinski definition) is 1. The first-order valence-electron chi connectivity index (χ1n) is 12.8. The van der Waals surface area contributed by atoms with E-state index >= 15 is 0 Å². The van der Waals surface area contributed by atoms with Gasteiger partial charge >= 0.3 is 5.69 Å². The summed E-state index contributed by atoms with van der Waals surface area (Å²) >= 11 is 0. The molecule has 1 fully saturated rings. The molecule has 188 valence electrons. The van der Waals surface area contributed by atoms with Crippen LogP contribution < -0.4 is 11.4 Å². The molecule has 1 aliphatic rings. The molecule has 0 unspecified atom stereocenters. The average Bonchev–Trinajstić information content (AvgIpc) is 3.31. The second-order valence-electron chi connectivity index (χ2n) is 9.75. The number of fused-ring (bicyclic) bond motifs is 1. The maximum atomic E-state index is 13.2. The van der Waals surface area contributed by atoms with Gasteiger partial charge < -0.3 is 5.73 Å². The minimum atomic E-state index is -0.166. The summed E-state index contributed by atoms with van der Waals surface area (Å²) in [6.07, 6.45) is 3.22. The summed E-state index contributed by atoms with van der Waals surface area (Å²) in [7, 11) is 1.81. The van der Waals surface area contributed by atoms with Gasteiger partial charge in [0, 0.05) is 18.7 Å². The molecule has 36 heavy (non-hydrogen) atoms. The predicted octanol–water partition coefficient (Wildman–Crippen LogP) is 4.47. The summed E-state index contributed by atoms with van der Waals surface area (Å²) in [5.74, 6) is 0.146. The molecule has 0 radical (unpaired) electrons. The van der Waals surface area contributed by atoms with Crippen molar-refractivity contribution in [2.45, 2.75) is 46.1 Å². The lowest BCUT2D eigenvalue weighted by molar-refractivity contribution is 0.0842. The summed E-state index contributed by atoms with van der Waals surface area (Å²) in [5.41, 5.74) is 12.6. The molecule has 8 nitrogen and oxygen atoms in total. The van der Waals surface area contributed by atoms with Gasteiger partial charge in [-0.1, -0.05) is 43.7 Å². The van der Waals surface area contributed by atoms with Crippen molar-refractivity contribution >= 4 is 22.8 Å². The molecule has 2 heterocycles. The fourth-order valence-electron chi connectivity index (χ4n) is 5.12. The quantitative estimate of drug-likeness (QED) is 0.416. The van der Waals surface area contributed by atoms with E-state index in [2.05, 4.69) is 0 Å². The maximum absolute atomic E-state index is 13.2. The summed E-state index contributed by atoms with van der Waals surface area (Å²) in [6, 6.07) is 14.3. The molecule has 2 aromatic carbocycles. The topological polar surface area (TPSA) is 91.1 Å². The lowest BCUT2D eigenvalue weighted by Crippen LogP contribution is -2.33. The van der Waals surface area contributed by atoms with Crippen LogP contribution in [0.2, 0.25) is 0 Å². The Morgan fingerprint density at radius 1 is 1.08 bits per heavy atom. The summed E-state index contributed by atoms with van der Waals surface area (Å²) in [6.45, 7) is 7.86. The summed E-state index contributed by atoms with van der Waals surface area (Å²) in [4.78, 5) is 28.3. The molecule has 1 saturated carbocycles. The minimum absolute atomic E-state index is 0.00354. The van der Waals surface area contributed by atoms with Crippen molar-refractivity contribution in [1.29, 1.82) is 0 Å². The highest BCUT2D eigenvalue weighted by Crippen LogP contribution is 2.39. The van der Waals surface area contributed by atoms with E-state index in [1.165, 1.54) is 4.68 Å². The number of likely N-dealkylation sites (N-methyl/N-ethyl adjacent to an activating group) is 1. The zero-order valence-corrected chi connectivity index (χ0v) is 21.5. The van der Waals surface area contributed by atoms with Crippen LogP contribution in [0.25, 0.3) is 33.4 Å². The molecule has 2 N–H and O–H groups in total. The number of nitrogens with zero attached hydrogens (tertiary/aromatic N) is 5. The molecule has 8 heteroatoms. The maximum Gasteiger partial charge on any atom is 0.329 e. The van der Waals surface area contributed by atoms with E-state index < -0.39 is 0 Å². The first-order chi connectivity index (χ1) is 17.3. The molecule has 1 aliphatic carbocycles. The van der Waals surface area contributed by atoms with Gasteiger partial charge in [0.15, 0.2) is 0 Å². The highest BCUT2D eigenvalue weighted by atomic mass is 16.2. The zero-order valence-electron chi connectivity index (χ0n) is 21.5. The molecule has 5 rings (SSSR count). The van der Waals surface area contributed by atoms with Crippen molar-refractivity contribution < 1.29 is 4.79 Å². The van der Waals surface area contributed by atoms with Gasteiger partial charge in [-0.15, -0.1) is 0 Å². The van der Waals surface area contributed by atoms with Gasteiger partial charge in [0.1, 0.15) is 11.5 Å². The fraction of sp³-hybridized carbons (Fsp3) is 0.393. The number of rotatable bonds is 7. The van der Waals surface area contributed by atoms with Crippen molar-refractivity contribution in [1.82, 2.24) is 23.8 Å². The van der Waals surface area contributed by atoms with E-state index in [9.17, 15) is 9.59 Å². The Morgan fingerprint density at radius 3 is 2.47 bits per heavy atom. The van der Waals surface area contributed by atoms with Crippen LogP contribution in [0.3, 0.4) is 0 Å². The minimum Gasteiger partial charge on any atom is -0.383 e. The van der Waals surface area contributed by atoms with Gasteiger partial charge in [-0.2, -0.15) is 9.78 Å². The molecule has 0 amide bonds. The summed E-state index contributed by atoms with van der Waals surface area (Å²) < 4.78 is 4.97. The predicted molar refractivity (Wildman–Crippen MR) is 144 cm³/mol. The van der Waals surface area contributed by atoms with Crippen LogP contribution in [0, 0.1) is 6.92 Å². The molecular formula is C28H34N6O2. The average molecular weight is 487 g/mol. The number of anilines is 1. The number of carbonyl (C=O) groups excluding carboxylic acids is 1. The molecule has 0 atom stereocenters. The van der Waals surface area contributed by atoms with Gasteiger partial charge in [-0.05, 0) is 63.0 Å². The van der Waals surface area contributed by atoms with E-state index in [4.69, 9.17) is 10.8 Å². The Balaban J connectivity index is 1.68. The number of nitrogen functional groups attached to an aromatic ring is 1. The molecule has 0 spiro atoms. The van der Waals surface area contributed by atoms with Crippen LogP contribution in [0.15, 0.2) is 47.3 Å². The molecule has 2 aromatic heterocycles. The van der Waals surface area contributed by atoms with Crippen molar-refractivity contribution in [3.05, 3.63) is 58.5 Å². The van der Waals surface area contributed by atoms with Gasteiger partial charge in [-0.3, -0.25) is 18.8 Å². The number of nitrogens with two attached hydrogens (primary N) is 1. The number of imidazole rings is 1. The summed E-state index contributed by atoms with van der Waals surface area (Å²) in [5, 5.41) is 4.74. The SMILES string of the molecule is CCN(CC)CC(=O)n1nc(-c2cccc(C)c2)c(-c2ccc3c(c2)n(C)c(=O)n3C2CCC2)c1N. The molecule has 0 bridgehead atoms. The Morgan fingerprint density at radius 2 is 1.83 bits per heavy atom. The van der Waals surface area contributed by atoms with Crippen molar-refractivity contribution in [2.75, 3.05) is 25.4 Å². The molecule has 4 aromatic rings. The largest absolute Gasteiger partial charge is 0.383 e. The first kappa shape index (κ1) is 24.1. The Bertz CT molecular complexity index is 1500. The van der Waals surface area contributed by atoms with Crippen LogP contribution in [0.1, 0.15) is 49.5 Å². The second-order valence-corrected chi connectivity index (χ2v) is 9.75. The van der Waals surface area contributed by atoms with Crippen molar-refractivity contribution in [2.24, 2.45) is 7.05 Å². The normalized spacial score (nSPS) is 14.0. The monoisotopic (exact) mass is 486 g/mol. The number of benzene rings is 2. The van der Waals surface area contributed by atoms with Gasteiger partial charge in [-0.25, -0.2) is 4.79 Å². The Kier molecular flexibility index (Phi) is 6.30. The van der Waals surface area contributed by atoms with Crippen LogP contribution in [-0.2, 0) is 7.05 Å². The van der Waals surface area contributed by atoms with E-state index in [1.54, 1.807) is 4.57 Å². The van der Waals surface area contributed by atoms with E-state index in [-0.39, 0.29) is 24.2 Å². The van der Waals surface area contributed by atoms with Gasteiger partial charge in [0.2, 0.25) is 0 Å². The molecular weight excluding hydrogens is 452 g/mol. The number of hydrogen-bond acceptors (Lipinski definition) is 5. The third kappa shape index (κ3) is 3.95. The van der Waals surface area contributed by atoms with Crippen LogP contribution >= 0.6 is 0 Å². The lowest BCUT2D eigenvalue weighted by Gasteiger charge is -2.26. The third-order valence-electron chi connectivity index (χ3n) is 7.52. The highest BCUT2D eigenvalue weighted by Gasteiger charge is 2.27. The van der Waals surface area contributed by atoms with E-state index in [0.29, 0.717) is 17.1 Å². The fourth-order valence-corrected chi connectivity index (χ4v) is 5.12. The molecule has 0 aliphatic heterocycles. The zero-order chi connectivity index (χ0) is 25.6. The Labute approximate surface area is 210 Å². The van der Waals surface area contributed by atoms with Crippen LogP contribution in [-0.4, -0.2) is 49.4 Å². The Hall–Kier alpha value is -3.65. The number of aromatic nitrogens is 4. The van der Waals surface area contributed by atoms with Crippen LogP contribution in [0.4, 0.5) is 5.82 Å².